The Morgan fingerprint density at radius 2 is 1.89 bits per heavy atom. The molecule has 2 aliphatic rings. The van der Waals surface area contributed by atoms with Gasteiger partial charge in [0.2, 0.25) is 11.9 Å². The van der Waals surface area contributed by atoms with Crippen molar-refractivity contribution >= 4 is 11.9 Å². The third kappa shape index (κ3) is 2.62. The van der Waals surface area contributed by atoms with Gasteiger partial charge in [0.15, 0.2) is 0 Å². The SMILES string of the molecule is CN(C)c1nc(N)nc(CN2CC3CNCC3C2)n1. The van der Waals surface area contributed by atoms with E-state index in [-0.39, 0.29) is 0 Å². The molecule has 2 atom stereocenters. The maximum atomic E-state index is 5.75. The number of aromatic nitrogens is 3. The molecule has 2 aliphatic heterocycles. The molecule has 0 aromatic carbocycles. The number of nitrogens with zero attached hydrogens (tertiary/aromatic N) is 5. The van der Waals surface area contributed by atoms with Gasteiger partial charge in [0.25, 0.3) is 0 Å². The Hall–Kier alpha value is -1.47. The van der Waals surface area contributed by atoms with E-state index >= 15 is 0 Å². The first-order chi connectivity index (χ1) is 9.11. The lowest BCUT2D eigenvalue weighted by Crippen LogP contribution is -2.27. The zero-order chi connectivity index (χ0) is 13.4. The quantitative estimate of drug-likeness (QED) is 0.736. The lowest BCUT2D eigenvalue weighted by Gasteiger charge is -2.17. The molecule has 0 amide bonds. The molecule has 2 saturated heterocycles. The average Bonchev–Trinajstić information content (AvgIpc) is 2.88. The molecule has 104 valence electrons. The van der Waals surface area contributed by atoms with Gasteiger partial charge in [-0.2, -0.15) is 15.0 Å². The van der Waals surface area contributed by atoms with Gasteiger partial charge in [0.1, 0.15) is 5.82 Å². The summed E-state index contributed by atoms with van der Waals surface area (Å²) in [6.07, 6.45) is 0. The van der Waals surface area contributed by atoms with Crippen molar-refractivity contribution in [1.82, 2.24) is 25.2 Å². The number of fused-ring (bicyclic) bond motifs is 1. The Bertz CT molecular complexity index is 449. The molecule has 0 saturated carbocycles. The fourth-order valence-electron chi connectivity index (χ4n) is 2.98. The minimum atomic E-state index is 0.301. The molecule has 3 N–H and O–H groups in total. The number of rotatable bonds is 3. The van der Waals surface area contributed by atoms with Gasteiger partial charge >= 0.3 is 0 Å². The fraction of sp³-hybridized carbons (Fsp3) is 0.750. The topological polar surface area (TPSA) is 83.2 Å². The molecular weight excluding hydrogens is 242 g/mol. The van der Waals surface area contributed by atoms with Crippen molar-refractivity contribution in [3.63, 3.8) is 0 Å². The molecule has 3 rings (SSSR count). The summed E-state index contributed by atoms with van der Waals surface area (Å²) < 4.78 is 0. The zero-order valence-corrected chi connectivity index (χ0v) is 11.5. The second kappa shape index (κ2) is 4.90. The molecule has 0 bridgehead atoms. The molecule has 1 aromatic heterocycles. The normalized spacial score (nSPS) is 26.6. The third-order valence-electron chi connectivity index (χ3n) is 3.92. The van der Waals surface area contributed by atoms with Crippen LogP contribution < -0.4 is 16.0 Å². The minimum Gasteiger partial charge on any atom is -0.368 e. The highest BCUT2D eigenvalue weighted by Gasteiger charge is 2.36. The molecule has 2 unspecified atom stereocenters. The average molecular weight is 263 g/mol. The number of hydrogen-bond acceptors (Lipinski definition) is 7. The highest BCUT2D eigenvalue weighted by atomic mass is 15.3. The monoisotopic (exact) mass is 263 g/mol. The van der Waals surface area contributed by atoms with Crippen LogP contribution in [0, 0.1) is 11.8 Å². The van der Waals surface area contributed by atoms with E-state index in [0.29, 0.717) is 11.9 Å². The van der Waals surface area contributed by atoms with E-state index in [2.05, 4.69) is 25.2 Å². The molecule has 3 heterocycles. The Labute approximate surface area is 113 Å². The van der Waals surface area contributed by atoms with E-state index < -0.39 is 0 Å². The Morgan fingerprint density at radius 1 is 1.21 bits per heavy atom. The van der Waals surface area contributed by atoms with Crippen LogP contribution in [0.3, 0.4) is 0 Å². The van der Waals surface area contributed by atoms with Gasteiger partial charge in [-0.05, 0) is 24.9 Å². The van der Waals surface area contributed by atoms with Gasteiger partial charge in [0.05, 0.1) is 6.54 Å². The lowest BCUT2D eigenvalue weighted by atomic mass is 10.0. The smallest absolute Gasteiger partial charge is 0.229 e. The largest absolute Gasteiger partial charge is 0.368 e. The van der Waals surface area contributed by atoms with Crippen LogP contribution in [-0.4, -0.2) is 60.1 Å². The van der Waals surface area contributed by atoms with E-state index in [1.807, 2.05) is 19.0 Å². The summed E-state index contributed by atoms with van der Waals surface area (Å²) in [5, 5.41) is 3.45. The summed E-state index contributed by atoms with van der Waals surface area (Å²) in [5.74, 6) is 3.27. The lowest BCUT2D eigenvalue weighted by molar-refractivity contribution is 0.298. The molecule has 7 heteroatoms. The maximum Gasteiger partial charge on any atom is 0.229 e. The third-order valence-corrected chi connectivity index (χ3v) is 3.92. The van der Waals surface area contributed by atoms with E-state index in [0.717, 1.165) is 50.4 Å². The van der Waals surface area contributed by atoms with E-state index in [1.54, 1.807) is 0 Å². The van der Waals surface area contributed by atoms with Crippen molar-refractivity contribution in [3.8, 4) is 0 Å². The molecule has 0 radical (unpaired) electrons. The van der Waals surface area contributed by atoms with Gasteiger partial charge in [0, 0.05) is 27.2 Å². The molecule has 7 nitrogen and oxygen atoms in total. The zero-order valence-electron chi connectivity index (χ0n) is 11.5. The van der Waals surface area contributed by atoms with Gasteiger partial charge < -0.3 is 16.0 Å². The van der Waals surface area contributed by atoms with Crippen molar-refractivity contribution in [2.75, 3.05) is 50.9 Å². The minimum absolute atomic E-state index is 0.301. The molecule has 2 fully saturated rings. The molecule has 0 aliphatic carbocycles. The number of nitrogens with two attached hydrogens (primary N) is 1. The van der Waals surface area contributed by atoms with Crippen molar-refractivity contribution < 1.29 is 0 Å². The summed E-state index contributed by atoms with van der Waals surface area (Å²) >= 11 is 0. The van der Waals surface area contributed by atoms with Crippen LogP contribution >= 0.6 is 0 Å². The number of anilines is 2. The van der Waals surface area contributed by atoms with Crippen LogP contribution in [0.1, 0.15) is 5.82 Å². The molecular formula is C12H21N7. The fourth-order valence-corrected chi connectivity index (χ4v) is 2.98. The highest BCUT2D eigenvalue weighted by Crippen LogP contribution is 2.27. The number of nitrogen functional groups attached to an aromatic ring is 1. The summed E-state index contributed by atoms with van der Waals surface area (Å²) in [4.78, 5) is 17.1. The number of hydrogen-bond donors (Lipinski definition) is 2. The molecule has 0 spiro atoms. The Kier molecular flexibility index (Phi) is 3.24. The van der Waals surface area contributed by atoms with Crippen molar-refractivity contribution in [1.29, 1.82) is 0 Å². The van der Waals surface area contributed by atoms with Crippen LogP contribution in [0.15, 0.2) is 0 Å². The molecule has 19 heavy (non-hydrogen) atoms. The van der Waals surface area contributed by atoms with Crippen LogP contribution in [0.25, 0.3) is 0 Å². The van der Waals surface area contributed by atoms with Gasteiger partial charge in [-0.25, -0.2) is 0 Å². The first-order valence-corrected chi connectivity index (χ1v) is 6.72. The predicted molar refractivity (Wildman–Crippen MR) is 73.7 cm³/mol. The Morgan fingerprint density at radius 3 is 2.53 bits per heavy atom. The van der Waals surface area contributed by atoms with Crippen LogP contribution in [-0.2, 0) is 6.54 Å². The highest BCUT2D eigenvalue weighted by molar-refractivity contribution is 5.32. The Balaban J connectivity index is 1.70. The standard InChI is InChI=1S/C12H21N7/c1-18(2)12-16-10(15-11(13)17-12)7-19-5-8-3-14-4-9(8)6-19/h8-9,14H,3-7H2,1-2H3,(H2,13,15,16,17). The van der Waals surface area contributed by atoms with Crippen LogP contribution in [0.5, 0.6) is 0 Å². The van der Waals surface area contributed by atoms with E-state index in [1.165, 1.54) is 0 Å². The first-order valence-electron chi connectivity index (χ1n) is 6.72. The summed E-state index contributed by atoms with van der Waals surface area (Å²) in [5.41, 5.74) is 5.75. The van der Waals surface area contributed by atoms with Crippen molar-refractivity contribution in [2.24, 2.45) is 11.8 Å². The van der Waals surface area contributed by atoms with Gasteiger partial charge in [-0.3, -0.25) is 4.90 Å². The number of likely N-dealkylation sites (tertiary alicyclic amines) is 1. The second-order valence-electron chi connectivity index (χ2n) is 5.68. The van der Waals surface area contributed by atoms with E-state index in [4.69, 9.17) is 5.73 Å². The van der Waals surface area contributed by atoms with Crippen molar-refractivity contribution in [2.45, 2.75) is 6.54 Å². The summed E-state index contributed by atoms with van der Waals surface area (Å²) in [7, 11) is 3.81. The maximum absolute atomic E-state index is 5.75. The van der Waals surface area contributed by atoms with Crippen LogP contribution in [0.4, 0.5) is 11.9 Å². The second-order valence-corrected chi connectivity index (χ2v) is 5.68. The van der Waals surface area contributed by atoms with Crippen molar-refractivity contribution in [3.05, 3.63) is 5.82 Å². The first kappa shape index (κ1) is 12.6. The van der Waals surface area contributed by atoms with E-state index in [9.17, 15) is 0 Å². The van der Waals surface area contributed by atoms with Crippen LogP contribution in [0.2, 0.25) is 0 Å². The number of nitrogens with one attached hydrogen (secondary N) is 1. The molecule has 1 aromatic rings. The van der Waals surface area contributed by atoms with Gasteiger partial charge in [-0.1, -0.05) is 0 Å². The predicted octanol–water partition coefficient (Wildman–Crippen LogP) is -0.829. The summed E-state index contributed by atoms with van der Waals surface area (Å²) in [6.45, 7) is 5.30. The van der Waals surface area contributed by atoms with Gasteiger partial charge in [-0.15, -0.1) is 0 Å². The summed E-state index contributed by atoms with van der Waals surface area (Å²) in [6, 6.07) is 0.